The molecule has 0 aliphatic carbocycles. The van der Waals surface area contributed by atoms with Crippen LogP contribution in [-0.2, 0) is 20.7 Å². The summed E-state index contributed by atoms with van der Waals surface area (Å²) in [6.45, 7) is -1.18. The zero-order chi connectivity index (χ0) is 17.7. The molecule has 0 spiro atoms. The van der Waals surface area contributed by atoms with Gasteiger partial charge in [-0.1, -0.05) is 30.3 Å². The van der Waals surface area contributed by atoms with Gasteiger partial charge >= 0.3 is 12.1 Å². The summed E-state index contributed by atoms with van der Waals surface area (Å²) in [7, 11) is 0. The van der Waals surface area contributed by atoms with Crippen molar-refractivity contribution in [3.8, 4) is 0 Å². The van der Waals surface area contributed by atoms with Gasteiger partial charge in [0.2, 0.25) is 5.91 Å². The number of carboxylic acids is 1. The highest BCUT2D eigenvalue weighted by molar-refractivity contribution is 5.80. The number of hydrogen-bond donors (Lipinski definition) is 1. The van der Waals surface area contributed by atoms with Gasteiger partial charge in [-0.05, 0) is 12.0 Å². The van der Waals surface area contributed by atoms with Gasteiger partial charge in [-0.3, -0.25) is 9.59 Å². The van der Waals surface area contributed by atoms with E-state index in [4.69, 9.17) is 9.84 Å². The number of ether oxygens (including phenoxy) is 1. The molecular weight excluding hydrogens is 327 g/mol. The Balaban J connectivity index is 1.81. The zero-order valence-corrected chi connectivity index (χ0v) is 12.8. The van der Waals surface area contributed by atoms with E-state index < -0.39 is 43.0 Å². The van der Waals surface area contributed by atoms with Crippen LogP contribution in [0.5, 0.6) is 0 Å². The third-order valence-electron chi connectivity index (χ3n) is 4.01. The Hall–Kier alpha value is -2.09. The molecule has 2 rings (SSSR count). The van der Waals surface area contributed by atoms with Crippen LogP contribution in [0.4, 0.5) is 13.2 Å². The molecule has 24 heavy (non-hydrogen) atoms. The lowest BCUT2D eigenvalue weighted by Gasteiger charge is -2.18. The molecule has 0 bridgehead atoms. The normalized spacial score (nSPS) is 21.0. The van der Waals surface area contributed by atoms with E-state index in [1.807, 2.05) is 30.3 Å². The highest BCUT2D eigenvalue weighted by atomic mass is 19.4. The highest BCUT2D eigenvalue weighted by Crippen LogP contribution is 2.37. The average Bonchev–Trinajstić information content (AvgIpc) is 2.98. The maximum Gasteiger partial charge on any atom is 0.394 e. The van der Waals surface area contributed by atoms with Gasteiger partial charge in [0, 0.05) is 13.1 Å². The topological polar surface area (TPSA) is 66.8 Å². The van der Waals surface area contributed by atoms with Gasteiger partial charge in [0.25, 0.3) is 0 Å². The fourth-order valence-electron chi connectivity index (χ4n) is 2.67. The first-order chi connectivity index (χ1) is 11.3. The number of carboxylic acid groups (broad SMARTS) is 1. The van der Waals surface area contributed by atoms with Gasteiger partial charge in [-0.2, -0.15) is 13.2 Å². The number of benzene rings is 1. The molecule has 1 aliphatic heterocycles. The molecule has 1 fully saturated rings. The second-order valence-electron chi connectivity index (χ2n) is 5.68. The number of carbonyl (C=O) groups is 2. The third-order valence-corrected chi connectivity index (χ3v) is 4.01. The van der Waals surface area contributed by atoms with Crippen molar-refractivity contribution < 1.29 is 32.6 Å². The number of alkyl halides is 3. The van der Waals surface area contributed by atoms with E-state index in [1.165, 1.54) is 0 Å². The summed E-state index contributed by atoms with van der Waals surface area (Å²) in [5.41, 5.74) is 1.02. The van der Waals surface area contributed by atoms with Crippen LogP contribution < -0.4 is 0 Å². The summed E-state index contributed by atoms with van der Waals surface area (Å²) in [6, 6.07) is 9.41. The van der Waals surface area contributed by atoms with Crippen molar-refractivity contribution in [3.05, 3.63) is 35.9 Å². The van der Waals surface area contributed by atoms with Crippen LogP contribution in [0.25, 0.3) is 0 Å². The molecule has 1 aliphatic rings. The van der Waals surface area contributed by atoms with E-state index in [1.54, 1.807) is 0 Å². The molecule has 0 unspecified atom stereocenters. The average molecular weight is 345 g/mol. The first-order valence-corrected chi connectivity index (χ1v) is 7.48. The molecule has 132 valence electrons. The Morgan fingerprint density at radius 2 is 1.88 bits per heavy atom. The molecule has 1 heterocycles. The van der Waals surface area contributed by atoms with Crippen LogP contribution >= 0.6 is 0 Å². The van der Waals surface area contributed by atoms with Crippen molar-refractivity contribution in [2.24, 2.45) is 11.8 Å². The quantitative estimate of drug-likeness (QED) is 0.801. The number of hydrogen-bond acceptors (Lipinski definition) is 3. The minimum absolute atomic E-state index is 0.259. The molecule has 1 aromatic carbocycles. The maximum absolute atomic E-state index is 12.9. The van der Waals surface area contributed by atoms with Gasteiger partial charge in [0.15, 0.2) is 0 Å². The van der Waals surface area contributed by atoms with Crippen LogP contribution in [0.1, 0.15) is 5.56 Å². The van der Waals surface area contributed by atoms with E-state index in [0.29, 0.717) is 6.42 Å². The predicted octanol–water partition coefficient (Wildman–Crippen LogP) is 1.97. The third kappa shape index (κ3) is 4.70. The highest BCUT2D eigenvalue weighted by Gasteiger charge is 2.53. The van der Waals surface area contributed by atoms with Crippen LogP contribution in [0.15, 0.2) is 30.3 Å². The zero-order valence-electron chi connectivity index (χ0n) is 12.8. The van der Waals surface area contributed by atoms with Crippen LogP contribution in [0, 0.1) is 11.8 Å². The minimum Gasteiger partial charge on any atom is -0.481 e. The summed E-state index contributed by atoms with van der Waals surface area (Å²) in [6.07, 6.45) is -4.07. The molecule has 1 saturated heterocycles. The largest absolute Gasteiger partial charge is 0.481 e. The second-order valence-corrected chi connectivity index (χ2v) is 5.68. The Kier molecular flexibility index (Phi) is 5.82. The molecule has 8 heteroatoms. The fraction of sp³-hybridized carbons (Fsp3) is 0.500. The van der Waals surface area contributed by atoms with E-state index in [0.717, 1.165) is 10.5 Å². The molecular formula is C16H18F3NO4. The van der Waals surface area contributed by atoms with Gasteiger partial charge in [0.05, 0.1) is 18.4 Å². The standard InChI is InChI=1S/C16H18F3NO4/c17-16(18,19)13-9-20(8-12(13)15(22)23)14(21)10-24-7-6-11-4-2-1-3-5-11/h1-5,12-13H,6-10H2,(H,22,23)/t12-,13-/m1/s1. The first-order valence-electron chi connectivity index (χ1n) is 7.48. The number of likely N-dealkylation sites (tertiary alicyclic amines) is 1. The number of amides is 1. The molecule has 0 aromatic heterocycles. The molecule has 0 radical (unpaired) electrons. The molecule has 1 aromatic rings. The van der Waals surface area contributed by atoms with Crippen molar-refractivity contribution in [2.75, 3.05) is 26.3 Å². The van der Waals surface area contributed by atoms with Crippen LogP contribution in [0.2, 0.25) is 0 Å². The van der Waals surface area contributed by atoms with Crippen LogP contribution in [-0.4, -0.2) is 54.4 Å². The van der Waals surface area contributed by atoms with Gasteiger partial charge < -0.3 is 14.7 Å². The molecule has 2 atom stereocenters. The lowest BCUT2D eigenvalue weighted by Crippen LogP contribution is -2.34. The fourth-order valence-corrected chi connectivity index (χ4v) is 2.67. The second kappa shape index (κ2) is 7.65. The number of rotatable bonds is 6. The summed E-state index contributed by atoms with van der Waals surface area (Å²) in [5, 5.41) is 8.92. The molecule has 1 amide bonds. The minimum atomic E-state index is -4.65. The molecule has 5 nitrogen and oxygen atoms in total. The van der Waals surface area contributed by atoms with Gasteiger partial charge in [-0.15, -0.1) is 0 Å². The van der Waals surface area contributed by atoms with Crippen molar-refractivity contribution in [1.29, 1.82) is 0 Å². The summed E-state index contributed by atoms with van der Waals surface area (Å²) in [5.74, 6) is -5.83. The predicted molar refractivity (Wildman–Crippen MR) is 78.2 cm³/mol. The monoisotopic (exact) mass is 345 g/mol. The Labute approximate surface area is 137 Å². The number of halogens is 3. The summed E-state index contributed by atoms with van der Waals surface area (Å²) >= 11 is 0. The first kappa shape index (κ1) is 18.3. The maximum atomic E-state index is 12.9. The Morgan fingerprint density at radius 3 is 2.42 bits per heavy atom. The Bertz CT molecular complexity index is 576. The van der Waals surface area contributed by atoms with Gasteiger partial charge in [-0.25, -0.2) is 0 Å². The number of nitrogens with zero attached hydrogens (tertiary/aromatic N) is 1. The van der Waals surface area contributed by atoms with E-state index in [-0.39, 0.29) is 13.2 Å². The Morgan fingerprint density at radius 1 is 1.21 bits per heavy atom. The van der Waals surface area contributed by atoms with Crippen molar-refractivity contribution in [3.63, 3.8) is 0 Å². The molecule has 0 saturated carbocycles. The smallest absolute Gasteiger partial charge is 0.394 e. The van der Waals surface area contributed by atoms with Gasteiger partial charge in [0.1, 0.15) is 6.61 Å². The number of carbonyl (C=O) groups excluding carboxylic acids is 1. The van der Waals surface area contributed by atoms with Crippen molar-refractivity contribution >= 4 is 11.9 Å². The molecule has 1 N–H and O–H groups in total. The van der Waals surface area contributed by atoms with Crippen molar-refractivity contribution in [2.45, 2.75) is 12.6 Å². The van der Waals surface area contributed by atoms with Crippen molar-refractivity contribution in [1.82, 2.24) is 4.90 Å². The summed E-state index contributed by atoms with van der Waals surface area (Å²) < 4.78 is 43.8. The van der Waals surface area contributed by atoms with E-state index >= 15 is 0 Å². The van der Waals surface area contributed by atoms with E-state index in [9.17, 15) is 22.8 Å². The van der Waals surface area contributed by atoms with E-state index in [2.05, 4.69) is 0 Å². The SMILES string of the molecule is O=C(O)[C@@H]1CN(C(=O)COCCc2ccccc2)C[C@H]1C(F)(F)F. The lowest BCUT2D eigenvalue weighted by atomic mass is 9.96. The lowest BCUT2D eigenvalue weighted by molar-refractivity contribution is -0.188. The van der Waals surface area contributed by atoms with Crippen LogP contribution in [0.3, 0.4) is 0 Å². The summed E-state index contributed by atoms with van der Waals surface area (Å²) in [4.78, 5) is 23.8. The number of aliphatic carboxylic acids is 1.